The molecule has 1 amide bonds. The first-order chi connectivity index (χ1) is 16.0. The molecule has 8 heteroatoms. The molecule has 33 heavy (non-hydrogen) atoms. The van der Waals surface area contributed by atoms with E-state index in [-0.39, 0.29) is 18.1 Å². The molecule has 6 nitrogen and oxygen atoms in total. The fraction of sp³-hybridized carbons (Fsp3) is 0.240. The summed E-state index contributed by atoms with van der Waals surface area (Å²) in [7, 11) is 0. The van der Waals surface area contributed by atoms with E-state index in [0.29, 0.717) is 40.7 Å². The number of hydrogen-bond donors (Lipinski definition) is 0. The number of pyridine rings is 2. The van der Waals surface area contributed by atoms with Gasteiger partial charge >= 0.3 is 0 Å². The van der Waals surface area contributed by atoms with Crippen molar-refractivity contribution in [2.45, 2.75) is 13.5 Å². The predicted octanol–water partition coefficient (Wildman–Crippen LogP) is 4.81. The molecule has 0 aliphatic carbocycles. The number of nitrogens with zero attached hydrogens (tertiary/aromatic N) is 4. The van der Waals surface area contributed by atoms with Crippen molar-refractivity contribution in [3.63, 3.8) is 0 Å². The first-order valence-corrected chi connectivity index (χ1v) is 11.1. The number of anilines is 2. The Morgan fingerprint density at radius 2 is 1.94 bits per heavy atom. The average molecular weight is 465 g/mol. The molecule has 2 aliphatic heterocycles. The van der Waals surface area contributed by atoms with Crippen LogP contribution in [0.3, 0.4) is 0 Å². The summed E-state index contributed by atoms with van der Waals surface area (Å²) in [6.07, 6.45) is 5.36. The number of ether oxygens (including phenoxy) is 1. The van der Waals surface area contributed by atoms with Gasteiger partial charge in [0.25, 0.3) is 0 Å². The molecular formula is C25H22ClFN4O2. The van der Waals surface area contributed by atoms with E-state index in [2.05, 4.69) is 14.9 Å². The molecule has 2 aliphatic rings. The van der Waals surface area contributed by atoms with Gasteiger partial charge in [0.05, 0.1) is 31.1 Å². The maximum Gasteiger partial charge on any atom is 0.224 e. The van der Waals surface area contributed by atoms with Crippen molar-refractivity contribution in [2.24, 2.45) is 0 Å². The van der Waals surface area contributed by atoms with Gasteiger partial charge in [0.1, 0.15) is 17.3 Å². The highest BCUT2D eigenvalue weighted by molar-refractivity contribution is 6.31. The lowest BCUT2D eigenvalue weighted by Gasteiger charge is -2.27. The number of rotatable bonds is 2. The molecule has 4 heterocycles. The number of amides is 1. The molecule has 1 fully saturated rings. The number of morpholine rings is 1. The Bertz CT molecular complexity index is 1240. The van der Waals surface area contributed by atoms with Crippen LogP contribution in [-0.2, 0) is 16.1 Å². The van der Waals surface area contributed by atoms with Crippen LogP contribution in [0.5, 0.6) is 0 Å². The molecule has 0 atom stereocenters. The Hall–Kier alpha value is -3.29. The van der Waals surface area contributed by atoms with E-state index in [1.807, 2.05) is 30.4 Å². The van der Waals surface area contributed by atoms with Gasteiger partial charge in [-0.2, -0.15) is 0 Å². The zero-order valence-corrected chi connectivity index (χ0v) is 18.8. The number of halogens is 2. The molecule has 5 rings (SSSR count). The third kappa shape index (κ3) is 4.34. The second-order valence-corrected chi connectivity index (χ2v) is 8.45. The number of fused-ring (bicyclic) bond motifs is 2. The lowest BCUT2D eigenvalue weighted by atomic mass is 10.0. The van der Waals surface area contributed by atoms with Crippen molar-refractivity contribution in [3.05, 3.63) is 70.3 Å². The van der Waals surface area contributed by atoms with Gasteiger partial charge in [-0.3, -0.25) is 4.79 Å². The Morgan fingerprint density at radius 1 is 1.12 bits per heavy atom. The zero-order chi connectivity index (χ0) is 22.9. The third-order valence-corrected chi connectivity index (χ3v) is 6.09. The van der Waals surface area contributed by atoms with Crippen molar-refractivity contribution in [3.8, 4) is 11.3 Å². The number of carbonyl (C=O) groups excluding carboxylic acids is 1. The van der Waals surface area contributed by atoms with E-state index < -0.39 is 5.82 Å². The van der Waals surface area contributed by atoms with E-state index in [1.54, 1.807) is 23.2 Å². The van der Waals surface area contributed by atoms with E-state index in [0.717, 1.165) is 24.5 Å². The third-order valence-electron chi connectivity index (χ3n) is 5.86. The smallest absolute Gasteiger partial charge is 0.224 e. The van der Waals surface area contributed by atoms with Crippen LogP contribution in [0.4, 0.5) is 15.9 Å². The van der Waals surface area contributed by atoms with Crippen molar-refractivity contribution in [1.82, 2.24) is 9.97 Å². The predicted molar refractivity (Wildman–Crippen MR) is 128 cm³/mol. The Kier molecular flexibility index (Phi) is 5.83. The highest BCUT2D eigenvalue weighted by Gasteiger charge is 2.22. The summed E-state index contributed by atoms with van der Waals surface area (Å²) >= 11 is 6.17. The van der Waals surface area contributed by atoms with Crippen LogP contribution >= 0.6 is 11.6 Å². The summed E-state index contributed by atoms with van der Waals surface area (Å²) in [6.45, 7) is 4.58. The second-order valence-electron chi connectivity index (χ2n) is 8.01. The number of aromatic nitrogens is 2. The van der Waals surface area contributed by atoms with Gasteiger partial charge in [-0.25, -0.2) is 14.4 Å². The van der Waals surface area contributed by atoms with Gasteiger partial charge in [0.2, 0.25) is 5.91 Å². The minimum Gasteiger partial charge on any atom is -0.378 e. The molecule has 3 aromatic rings. The van der Waals surface area contributed by atoms with Gasteiger partial charge in [-0.1, -0.05) is 23.7 Å². The minimum absolute atomic E-state index is 0.160. The van der Waals surface area contributed by atoms with E-state index in [1.165, 1.54) is 13.0 Å². The highest BCUT2D eigenvalue weighted by Crippen LogP contribution is 2.33. The standard InChI is InChI=1S/C25H22ClFN4O2/c1-16(32)31-15-19-12-21(27)25(18-4-7-24(28-14-18)30-8-10-33-11-9-30)29-22(19)6-3-17-2-5-20(26)13-23(17)31/h2-7,12-14H,8-11,15H2,1H3. The van der Waals surface area contributed by atoms with Gasteiger partial charge in [0, 0.05) is 42.4 Å². The van der Waals surface area contributed by atoms with Crippen LogP contribution in [0.25, 0.3) is 23.4 Å². The summed E-state index contributed by atoms with van der Waals surface area (Å²) < 4.78 is 20.6. The van der Waals surface area contributed by atoms with Crippen LogP contribution < -0.4 is 9.80 Å². The maximum atomic E-state index is 15.2. The molecule has 0 saturated carbocycles. The lowest BCUT2D eigenvalue weighted by molar-refractivity contribution is -0.116. The van der Waals surface area contributed by atoms with Gasteiger partial charge < -0.3 is 14.5 Å². The molecule has 0 spiro atoms. The second kappa shape index (κ2) is 8.92. The summed E-state index contributed by atoms with van der Waals surface area (Å²) in [4.78, 5) is 25.3. The van der Waals surface area contributed by atoms with Crippen LogP contribution in [-0.4, -0.2) is 42.2 Å². The molecule has 1 aromatic carbocycles. The van der Waals surface area contributed by atoms with Crippen LogP contribution in [0.1, 0.15) is 23.7 Å². The van der Waals surface area contributed by atoms with Crippen LogP contribution in [0, 0.1) is 5.82 Å². The van der Waals surface area contributed by atoms with Gasteiger partial charge in [0.15, 0.2) is 0 Å². The van der Waals surface area contributed by atoms with Crippen LogP contribution in [0.2, 0.25) is 5.02 Å². The van der Waals surface area contributed by atoms with E-state index >= 15 is 4.39 Å². The van der Waals surface area contributed by atoms with Gasteiger partial charge in [-0.15, -0.1) is 0 Å². The normalized spacial score (nSPS) is 15.5. The molecule has 0 N–H and O–H groups in total. The Morgan fingerprint density at radius 3 is 2.67 bits per heavy atom. The SMILES string of the molecule is CC(=O)N1Cc2cc(F)c(-c3ccc(N4CCOCC4)nc3)nc2C=Cc2ccc(Cl)cc21. The first-order valence-electron chi connectivity index (χ1n) is 10.7. The fourth-order valence-corrected chi connectivity index (χ4v) is 4.28. The molecule has 168 valence electrons. The van der Waals surface area contributed by atoms with Crippen molar-refractivity contribution < 1.29 is 13.9 Å². The number of benzene rings is 1. The molecule has 1 saturated heterocycles. The highest BCUT2D eigenvalue weighted by atomic mass is 35.5. The van der Waals surface area contributed by atoms with Crippen molar-refractivity contribution in [1.29, 1.82) is 0 Å². The summed E-state index contributed by atoms with van der Waals surface area (Å²) in [5.74, 6) is 0.214. The quantitative estimate of drug-likeness (QED) is 0.544. The zero-order valence-electron chi connectivity index (χ0n) is 18.1. The molecular weight excluding hydrogens is 443 g/mol. The van der Waals surface area contributed by atoms with Crippen LogP contribution in [0.15, 0.2) is 42.6 Å². The topological polar surface area (TPSA) is 58.6 Å². The summed E-state index contributed by atoms with van der Waals surface area (Å²) in [5.41, 5.74) is 3.57. The summed E-state index contributed by atoms with van der Waals surface area (Å²) in [5, 5.41) is 0.530. The Balaban J connectivity index is 1.52. The van der Waals surface area contributed by atoms with Crippen molar-refractivity contribution >= 4 is 41.2 Å². The van der Waals surface area contributed by atoms with Crippen molar-refractivity contribution in [2.75, 3.05) is 36.1 Å². The maximum absolute atomic E-state index is 15.2. The summed E-state index contributed by atoms with van der Waals surface area (Å²) in [6, 6.07) is 10.5. The number of hydrogen-bond acceptors (Lipinski definition) is 5. The van der Waals surface area contributed by atoms with Gasteiger partial charge in [-0.05, 0) is 42.0 Å². The van der Waals surface area contributed by atoms with E-state index in [4.69, 9.17) is 16.3 Å². The largest absolute Gasteiger partial charge is 0.378 e. The molecule has 0 bridgehead atoms. The van der Waals surface area contributed by atoms with E-state index in [9.17, 15) is 4.79 Å². The monoisotopic (exact) mass is 464 g/mol. The first kappa shape index (κ1) is 21.6. The molecule has 0 unspecified atom stereocenters. The fourth-order valence-electron chi connectivity index (χ4n) is 4.12. The average Bonchev–Trinajstić information content (AvgIpc) is 2.82. The molecule has 2 aromatic heterocycles. The number of carbonyl (C=O) groups is 1. The Labute approximate surface area is 196 Å². The minimum atomic E-state index is -0.460. The lowest BCUT2D eigenvalue weighted by Crippen LogP contribution is -2.36. The molecule has 0 radical (unpaired) electrons.